The lowest BCUT2D eigenvalue weighted by Crippen LogP contribution is -1.95. The van der Waals surface area contributed by atoms with Gasteiger partial charge < -0.3 is 11.5 Å². The highest BCUT2D eigenvalue weighted by atomic mass is 14.6. The zero-order chi connectivity index (χ0) is 12.3. The maximum absolute atomic E-state index is 6.08. The first-order valence-corrected chi connectivity index (χ1v) is 6.29. The van der Waals surface area contributed by atoms with Crippen LogP contribution in [0.2, 0.25) is 0 Å². The van der Waals surface area contributed by atoms with E-state index in [-0.39, 0.29) is 0 Å². The van der Waals surface area contributed by atoms with E-state index in [0.29, 0.717) is 0 Å². The van der Waals surface area contributed by atoms with Gasteiger partial charge in [0.25, 0.3) is 0 Å². The molecular weight excluding hydrogens is 208 g/mol. The lowest BCUT2D eigenvalue weighted by Gasteiger charge is -2.09. The summed E-state index contributed by atoms with van der Waals surface area (Å²) in [5.41, 5.74) is 14.9. The molecule has 2 nitrogen and oxygen atoms in total. The van der Waals surface area contributed by atoms with Gasteiger partial charge in [0, 0.05) is 16.8 Å². The summed E-state index contributed by atoms with van der Waals surface area (Å²) in [4.78, 5) is 0. The molecule has 4 N–H and O–H groups in total. The van der Waals surface area contributed by atoms with Crippen molar-refractivity contribution in [3.63, 3.8) is 0 Å². The van der Waals surface area contributed by atoms with Crippen molar-refractivity contribution in [1.82, 2.24) is 0 Å². The van der Waals surface area contributed by atoms with E-state index in [0.717, 1.165) is 28.6 Å². The van der Waals surface area contributed by atoms with Crippen LogP contribution in [-0.2, 0) is 6.42 Å². The van der Waals surface area contributed by atoms with E-state index in [9.17, 15) is 0 Å². The van der Waals surface area contributed by atoms with Gasteiger partial charge in [0.1, 0.15) is 0 Å². The summed E-state index contributed by atoms with van der Waals surface area (Å²) in [7, 11) is 0. The number of hydrogen-bond acceptors (Lipinski definition) is 2. The van der Waals surface area contributed by atoms with Crippen molar-refractivity contribution in [3.8, 4) is 0 Å². The Bertz CT molecular complexity index is 518. The van der Waals surface area contributed by atoms with Crippen LogP contribution in [-0.4, -0.2) is 0 Å². The molecule has 0 saturated heterocycles. The molecule has 0 fully saturated rings. The number of nitrogens with two attached hydrogens (primary N) is 2. The fourth-order valence-electron chi connectivity index (χ4n) is 2.28. The number of rotatable bonds is 4. The number of anilines is 2. The molecule has 17 heavy (non-hydrogen) atoms. The van der Waals surface area contributed by atoms with Gasteiger partial charge in [0.15, 0.2) is 0 Å². The van der Waals surface area contributed by atoms with E-state index in [1.165, 1.54) is 24.8 Å². The highest BCUT2D eigenvalue weighted by Gasteiger charge is 2.04. The van der Waals surface area contributed by atoms with Gasteiger partial charge in [-0.1, -0.05) is 38.0 Å². The Morgan fingerprint density at radius 3 is 2.59 bits per heavy atom. The molecule has 0 amide bonds. The van der Waals surface area contributed by atoms with Crippen LogP contribution in [0.15, 0.2) is 30.3 Å². The largest absolute Gasteiger partial charge is 0.398 e. The number of nitrogen functional groups attached to an aromatic ring is 2. The van der Waals surface area contributed by atoms with E-state index in [4.69, 9.17) is 11.5 Å². The number of unbranched alkanes of at least 4 members (excludes halogenated alkanes) is 2. The van der Waals surface area contributed by atoms with Crippen LogP contribution in [0.1, 0.15) is 31.7 Å². The van der Waals surface area contributed by atoms with E-state index in [1.54, 1.807) is 0 Å². The van der Waals surface area contributed by atoms with Gasteiger partial charge in [-0.05, 0) is 35.9 Å². The van der Waals surface area contributed by atoms with Crippen molar-refractivity contribution in [2.45, 2.75) is 32.6 Å². The van der Waals surface area contributed by atoms with Crippen molar-refractivity contribution >= 4 is 22.1 Å². The molecule has 2 rings (SSSR count). The van der Waals surface area contributed by atoms with Gasteiger partial charge in [-0.2, -0.15) is 0 Å². The Balaban J connectivity index is 2.35. The van der Waals surface area contributed by atoms with Crippen LogP contribution in [0, 0.1) is 0 Å². The van der Waals surface area contributed by atoms with E-state index in [2.05, 4.69) is 25.1 Å². The minimum Gasteiger partial charge on any atom is -0.398 e. The number of benzene rings is 2. The minimum atomic E-state index is 0.764. The zero-order valence-corrected chi connectivity index (χ0v) is 10.4. The SMILES string of the molecule is CCCCCc1cc(N)c2c(N)cccc2c1. The number of hydrogen-bond donors (Lipinski definition) is 2. The zero-order valence-electron chi connectivity index (χ0n) is 10.4. The van der Waals surface area contributed by atoms with Gasteiger partial charge in [-0.25, -0.2) is 0 Å². The Labute approximate surface area is 103 Å². The molecule has 0 heterocycles. The molecule has 0 spiro atoms. The van der Waals surface area contributed by atoms with Crippen molar-refractivity contribution < 1.29 is 0 Å². The third-order valence-corrected chi connectivity index (χ3v) is 3.17. The Morgan fingerprint density at radius 1 is 1.00 bits per heavy atom. The van der Waals surface area contributed by atoms with Crippen LogP contribution in [0.5, 0.6) is 0 Å². The first-order valence-electron chi connectivity index (χ1n) is 6.29. The normalized spacial score (nSPS) is 10.9. The maximum atomic E-state index is 6.08. The molecule has 0 unspecified atom stereocenters. The van der Waals surface area contributed by atoms with Crippen molar-refractivity contribution in [3.05, 3.63) is 35.9 Å². The lowest BCUT2D eigenvalue weighted by atomic mass is 10.00. The van der Waals surface area contributed by atoms with Crippen LogP contribution in [0.25, 0.3) is 10.8 Å². The second-order valence-corrected chi connectivity index (χ2v) is 4.59. The Hall–Kier alpha value is -1.70. The Kier molecular flexibility index (Phi) is 3.52. The van der Waals surface area contributed by atoms with Crippen LogP contribution >= 0.6 is 0 Å². The highest BCUT2D eigenvalue weighted by molar-refractivity contribution is 6.01. The summed E-state index contributed by atoms with van der Waals surface area (Å²) in [6.45, 7) is 2.22. The fourth-order valence-corrected chi connectivity index (χ4v) is 2.28. The number of fused-ring (bicyclic) bond motifs is 1. The summed E-state index contributed by atoms with van der Waals surface area (Å²) in [5, 5.41) is 2.14. The Morgan fingerprint density at radius 2 is 1.82 bits per heavy atom. The van der Waals surface area contributed by atoms with Gasteiger partial charge in [0.2, 0.25) is 0 Å². The topological polar surface area (TPSA) is 52.0 Å². The fraction of sp³-hybridized carbons (Fsp3) is 0.333. The quantitative estimate of drug-likeness (QED) is 0.618. The van der Waals surface area contributed by atoms with Crippen molar-refractivity contribution in [2.75, 3.05) is 11.5 Å². The van der Waals surface area contributed by atoms with Crippen molar-refractivity contribution in [2.24, 2.45) is 0 Å². The average Bonchev–Trinajstić information content (AvgIpc) is 2.29. The summed E-state index contributed by atoms with van der Waals surface area (Å²) < 4.78 is 0. The molecule has 0 atom stereocenters. The molecule has 0 aromatic heterocycles. The molecule has 0 saturated carbocycles. The first-order chi connectivity index (χ1) is 8.22. The maximum Gasteiger partial charge on any atom is 0.0417 e. The number of aryl methyl sites for hydroxylation is 1. The van der Waals surface area contributed by atoms with Crippen LogP contribution < -0.4 is 11.5 Å². The molecule has 0 aliphatic heterocycles. The first kappa shape index (κ1) is 11.8. The summed E-state index contributed by atoms with van der Waals surface area (Å²) >= 11 is 0. The molecular formula is C15H20N2. The highest BCUT2D eigenvalue weighted by Crippen LogP contribution is 2.28. The predicted octanol–water partition coefficient (Wildman–Crippen LogP) is 3.74. The monoisotopic (exact) mass is 228 g/mol. The molecule has 0 radical (unpaired) electrons. The standard InChI is InChI=1S/C15H20N2/c1-2-3-4-6-11-9-12-7-5-8-13(16)15(12)14(17)10-11/h5,7-10H,2-4,6,16-17H2,1H3. The molecule has 0 aliphatic carbocycles. The van der Waals surface area contributed by atoms with Gasteiger partial charge in [-0.3, -0.25) is 0 Å². The molecule has 90 valence electrons. The predicted molar refractivity (Wildman–Crippen MR) is 76.0 cm³/mol. The van der Waals surface area contributed by atoms with Gasteiger partial charge in [-0.15, -0.1) is 0 Å². The molecule has 2 aromatic carbocycles. The summed E-state index contributed by atoms with van der Waals surface area (Å²) in [5.74, 6) is 0. The van der Waals surface area contributed by atoms with E-state index < -0.39 is 0 Å². The smallest absolute Gasteiger partial charge is 0.0417 e. The summed E-state index contributed by atoms with van der Waals surface area (Å²) in [6.07, 6.45) is 4.84. The van der Waals surface area contributed by atoms with Crippen LogP contribution in [0.3, 0.4) is 0 Å². The summed E-state index contributed by atoms with van der Waals surface area (Å²) in [6, 6.07) is 10.2. The van der Waals surface area contributed by atoms with Crippen LogP contribution in [0.4, 0.5) is 11.4 Å². The minimum absolute atomic E-state index is 0.764. The third-order valence-electron chi connectivity index (χ3n) is 3.17. The molecule has 0 bridgehead atoms. The molecule has 2 heteroatoms. The third kappa shape index (κ3) is 2.52. The van der Waals surface area contributed by atoms with E-state index in [1.807, 2.05) is 12.1 Å². The van der Waals surface area contributed by atoms with Gasteiger partial charge in [0.05, 0.1) is 0 Å². The van der Waals surface area contributed by atoms with Gasteiger partial charge >= 0.3 is 0 Å². The molecule has 2 aromatic rings. The van der Waals surface area contributed by atoms with Crippen molar-refractivity contribution in [1.29, 1.82) is 0 Å². The molecule has 0 aliphatic rings. The average molecular weight is 228 g/mol. The van der Waals surface area contributed by atoms with E-state index >= 15 is 0 Å². The lowest BCUT2D eigenvalue weighted by molar-refractivity contribution is 0.718. The second-order valence-electron chi connectivity index (χ2n) is 4.59. The second kappa shape index (κ2) is 5.09.